The average molecular weight is 302 g/mol. The summed E-state index contributed by atoms with van der Waals surface area (Å²) in [5.74, 6) is 0.986. The lowest BCUT2D eigenvalue weighted by Gasteiger charge is -2.09. The topological polar surface area (TPSA) is 66.9 Å². The van der Waals surface area contributed by atoms with E-state index < -0.39 is 0 Å². The highest BCUT2D eigenvalue weighted by molar-refractivity contribution is 5.94. The van der Waals surface area contributed by atoms with Crippen LogP contribution in [0.1, 0.15) is 28.2 Å². The summed E-state index contributed by atoms with van der Waals surface area (Å²) in [4.78, 5) is 20.2. The number of benzene rings is 1. The molecule has 0 aliphatic carbocycles. The van der Waals surface area contributed by atoms with Crippen molar-refractivity contribution in [1.82, 2.24) is 15.3 Å². The van der Waals surface area contributed by atoms with Crippen molar-refractivity contribution in [3.63, 3.8) is 0 Å². The molecule has 5 nitrogen and oxygen atoms in total. The van der Waals surface area contributed by atoms with Gasteiger partial charge in [-0.15, -0.1) is 0 Å². The zero-order valence-corrected chi connectivity index (χ0v) is 12.7. The number of nitrogens with one attached hydrogen (secondary N) is 2. The Balaban J connectivity index is 1.72. The van der Waals surface area contributed by atoms with Crippen LogP contribution in [0.5, 0.6) is 0 Å². The quantitative estimate of drug-likeness (QED) is 0.804. The number of carbonyl (C=O) groups is 1. The number of hydrogen-bond donors (Lipinski definition) is 2. The van der Waals surface area contributed by atoms with Crippen molar-refractivity contribution < 1.29 is 9.18 Å². The van der Waals surface area contributed by atoms with Crippen LogP contribution in [0, 0.1) is 19.7 Å². The Hall–Kier alpha value is -2.50. The first-order valence-electron chi connectivity index (χ1n) is 7.14. The first-order valence-corrected chi connectivity index (χ1v) is 7.14. The van der Waals surface area contributed by atoms with Crippen molar-refractivity contribution in [2.45, 2.75) is 20.3 Å². The van der Waals surface area contributed by atoms with Gasteiger partial charge in [-0.3, -0.25) is 4.79 Å². The van der Waals surface area contributed by atoms with E-state index in [1.54, 1.807) is 6.20 Å². The Kier molecular flexibility index (Phi) is 5.41. The first kappa shape index (κ1) is 15.9. The molecule has 0 saturated carbocycles. The van der Waals surface area contributed by atoms with Crippen molar-refractivity contribution in [1.29, 1.82) is 0 Å². The second-order valence-electron chi connectivity index (χ2n) is 4.99. The minimum atomic E-state index is -0.351. The van der Waals surface area contributed by atoms with Crippen LogP contribution < -0.4 is 10.6 Å². The van der Waals surface area contributed by atoms with Crippen LogP contribution in [0.2, 0.25) is 0 Å². The molecule has 2 N–H and O–H groups in total. The van der Waals surface area contributed by atoms with Crippen molar-refractivity contribution in [2.24, 2.45) is 0 Å². The van der Waals surface area contributed by atoms with Gasteiger partial charge in [-0.05, 0) is 44.5 Å². The third-order valence-corrected chi connectivity index (χ3v) is 3.13. The minimum absolute atomic E-state index is 0.200. The highest BCUT2D eigenvalue weighted by Crippen LogP contribution is 2.09. The summed E-state index contributed by atoms with van der Waals surface area (Å²) in [5.41, 5.74) is 1.44. The molecule has 0 saturated heterocycles. The van der Waals surface area contributed by atoms with E-state index in [0.29, 0.717) is 18.7 Å². The normalized spacial score (nSPS) is 10.3. The van der Waals surface area contributed by atoms with Gasteiger partial charge in [0.25, 0.3) is 5.91 Å². The monoisotopic (exact) mass is 302 g/mol. The molecule has 1 aromatic heterocycles. The van der Waals surface area contributed by atoms with E-state index in [9.17, 15) is 9.18 Å². The zero-order valence-electron chi connectivity index (χ0n) is 12.7. The standard InChI is InChI=1S/C16H19FN4O/c1-11-10-20-12(2)21-15(11)18-8-3-9-19-16(22)13-4-6-14(17)7-5-13/h4-7,10H,3,8-9H2,1-2H3,(H,19,22)(H,18,20,21). The fraction of sp³-hybridized carbons (Fsp3) is 0.312. The van der Waals surface area contributed by atoms with E-state index in [4.69, 9.17) is 0 Å². The Morgan fingerprint density at radius 1 is 1.18 bits per heavy atom. The maximum absolute atomic E-state index is 12.8. The van der Waals surface area contributed by atoms with Gasteiger partial charge in [-0.25, -0.2) is 14.4 Å². The lowest BCUT2D eigenvalue weighted by atomic mass is 10.2. The number of anilines is 1. The SMILES string of the molecule is Cc1ncc(C)c(NCCCNC(=O)c2ccc(F)cc2)n1. The second kappa shape index (κ2) is 7.49. The molecule has 2 aromatic rings. The number of amides is 1. The molecule has 116 valence electrons. The Bertz CT molecular complexity index is 643. The molecule has 0 fully saturated rings. The van der Waals surface area contributed by atoms with Crippen LogP contribution in [0.3, 0.4) is 0 Å². The lowest BCUT2D eigenvalue weighted by Crippen LogP contribution is -2.25. The van der Waals surface area contributed by atoms with Crippen molar-refractivity contribution in [3.8, 4) is 0 Å². The smallest absolute Gasteiger partial charge is 0.251 e. The van der Waals surface area contributed by atoms with Gasteiger partial charge in [0.15, 0.2) is 0 Å². The van der Waals surface area contributed by atoms with Gasteiger partial charge in [-0.2, -0.15) is 0 Å². The van der Waals surface area contributed by atoms with Crippen molar-refractivity contribution in [2.75, 3.05) is 18.4 Å². The highest BCUT2D eigenvalue weighted by atomic mass is 19.1. The molecule has 22 heavy (non-hydrogen) atoms. The number of carbonyl (C=O) groups excluding carboxylic acids is 1. The first-order chi connectivity index (χ1) is 10.6. The largest absolute Gasteiger partial charge is 0.370 e. The van der Waals surface area contributed by atoms with Crippen LogP contribution in [0.25, 0.3) is 0 Å². The fourth-order valence-electron chi connectivity index (χ4n) is 1.91. The van der Waals surface area contributed by atoms with Gasteiger partial charge in [0.05, 0.1) is 0 Å². The molecule has 6 heteroatoms. The number of aryl methyl sites for hydroxylation is 2. The van der Waals surface area contributed by atoms with E-state index in [2.05, 4.69) is 20.6 Å². The molecule has 1 aromatic carbocycles. The Morgan fingerprint density at radius 3 is 2.64 bits per heavy atom. The van der Waals surface area contributed by atoms with Crippen LogP contribution in [0.15, 0.2) is 30.5 Å². The highest BCUT2D eigenvalue weighted by Gasteiger charge is 2.05. The summed E-state index contributed by atoms with van der Waals surface area (Å²) in [7, 11) is 0. The van der Waals surface area contributed by atoms with E-state index in [-0.39, 0.29) is 11.7 Å². The van der Waals surface area contributed by atoms with E-state index in [1.165, 1.54) is 24.3 Å². The van der Waals surface area contributed by atoms with Crippen LogP contribution in [-0.4, -0.2) is 29.0 Å². The predicted molar refractivity (Wildman–Crippen MR) is 83.3 cm³/mol. The molecule has 0 aliphatic heterocycles. The summed E-state index contributed by atoms with van der Waals surface area (Å²) in [6.45, 7) is 5.01. The molecule has 0 bridgehead atoms. The van der Waals surface area contributed by atoms with Crippen LogP contribution in [0.4, 0.5) is 10.2 Å². The predicted octanol–water partition coefficient (Wildman–Crippen LogP) is 2.46. The molecular formula is C16H19FN4O. The number of aromatic nitrogens is 2. The van der Waals surface area contributed by atoms with Crippen LogP contribution >= 0.6 is 0 Å². The van der Waals surface area contributed by atoms with Crippen molar-refractivity contribution in [3.05, 3.63) is 53.2 Å². The molecule has 1 amide bonds. The molecule has 2 rings (SSSR count). The Labute approximate surface area is 129 Å². The summed E-state index contributed by atoms with van der Waals surface area (Å²) in [5, 5.41) is 6.02. The number of rotatable bonds is 6. The van der Waals surface area contributed by atoms with Gasteiger partial charge in [0.2, 0.25) is 0 Å². The molecule has 0 unspecified atom stereocenters. The van der Waals surface area contributed by atoms with Crippen molar-refractivity contribution >= 4 is 11.7 Å². The molecule has 0 spiro atoms. The van der Waals surface area contributed by atoms with E-state index in [0.717, 1.165) is 23.6 Å². The number of hydrogen-bond acceptors (Lipinski definition) is 4. The fourth-order valence-corrected chi connectivity index (χ4v) is 1.91. The maximum atomic E-state index is 12.8. The van der Waals surface area contributed by atoms with Gasteiger partial charge >= 0.3 is 0 Å². The molecule has 0 radical (unpaired) electrons. The van der Waals surface area contributed by atoms with E-state index in [1.807, 2.05) is 13.8 Å². The minimum Gasteiger partial charge on any atom is -0.370 e. The third-order valence-electron chi connectivity index (χ3n) is 3.13. The Morgan fingerprint density at radius 2 is 1.91 bits per heavy atom. The van der Waals surface area contributed by atoms with Gasteiger partial charge in [0.1, 0.15) is 17.5 Å². The summed E-state index contributed by atoms with van der Waals surface area (Å²) >= 11 is 0. The zero-order chi connectivity index (χ0) is 15.9. The lowest BCUT2D eigenvalue weighted by molar-refractivity contribution is 0.0953. The van der Waals surface area contributed by atoms with Crippen LogP contribution in [-0.2, 0) is 0 Å². The molecule has 0 atom stereocenters. The van der Waals surface area contributed by atoms with E-state index >= 15 is 0 Å². The summed E-state index contributed by atoms with van der Waals surface area (Å²) in [6.07, 6.45) is 2.54. The average Bonchev–Trinajstić information content (AvgIpc) is 2.50. The van der Waals surface area contributed by atoms with Gasteiger partial charge in [-0.1, -0.05) is 0 Å². The number of nitrogens with zero attached hydrogens (tertiary/aromatic N) is 2. The number of halogens is 1. The van der Waals surface area contributed by atoms with Gasteiger partial charge in [0, 0.05) is 30.4 Å². The molecule has 1 heterocycles. The molecular weight excluding hydrogens is 283 g/mol. The third kappa shape index (κ3) is 4.51. The summed E-state index contributed by atoms with van der Waals surface area (Å²) < 4.78 is 12.8. The molecule has 0 aliphatic rings. The van der Waals surface area contributed by atoms with Gasteiger partial charge < -0.3 is 10.6 Å². The summed E-state index contributed by atoms with van der Waals surface area (Å²) in [6, 6.07) is 5.49. The maximum Gasteiger partial charge on any atom is 0.251 e. The second-order valence-corrected chi connectivity index (χ2v) is 4.99.